The van der Waals surface area contributed by atoms with Crippen molar-refractivity contribution < 1.29 is 0 Å². The molecule has 0 radical (unpaired) electrons. The van der Waals surface area contributed by atoms with Gasteiger partial charge in [0.05, 0.1) is 5.69 Å². The number of amidine groups is 2. The van der Waals surface area contributed by atoms with Gasteiger partial charge in [-0.25, -0.2) is 9.98 Å². The van der Waals surface area contributed by atoms with Crippen molar-refractivity contribution in [2.24, 2.45) is 9.98 Å². The molecule has 6 heteroatoms. The van der Waals surface area contributed by atoms with E-state index < -0.39 is 0 Å². The average Bonchev–Trinajstić information content (AvgIpc) is 2.98. The van der Waals surface area contributed by atoms with Crippen molar-refractivity contribution in [1.29, 1.82) is 0 Å². The van der Waals surface area contributed by atoms with Gasteiger partial charge in [-0.2, -0.15) is 0 Å². The number of thioether (sulfide) groups is 1. The number of anilines is 1. The molecule has 1 aliphatic heterocycles. The first kappa shape index (κ1) is 20.0. The zero-order chi connectivity index (χ0) is 19.7. The number of hydrogen-bond donors (Lipinski definition) is 0. The SMILES string of the molecule is CSC1=NC(=Nc2ccc(C)c(Br)c2)C2(CCCCC2)N1c1cccc(Cl)c1. The molecule has 28 heavy (non-hydrogen) atoms. The molecule has 1 aliphatic carbocycles. The Bertz CT molecular complexity index is 951. The molecule has 1 fully saturated rings. The van der Waals surface area contributed by atoms with Crippen LogP contribution >= 0.6 is 39.3 Å². The van der Waals surface area contributed by atoms with Crippen LogP contribution in [0, 0.1) is 6.92 Å². The van der Waals surface area contributed by atoms with E-state index in [1.807, 2.05) is 18.2 Å². The Balaban J connectivity index is 1.84. The minimum atomic E-state index is -0.196. The Morgan fingerprint density at radius 3 is 2.61 bits per heavy atom. The molecule has 1 spiro atoms. The number of hydrogen-bond acceptors (Lipinski definition) is 3. The molecule has 2 aliphatic rings. The number of aryl methyl sites for hydroxylation is 1. The maximum atomic E-state index is 6.33. The molecule has 0 bridgehead atoms. The first-order chi connectivity index (χ1) is 13.5. The second-order valence-corrected chi connectivity index (χ2v) is 9.44. The Morgan fingerprint density at radius 1 is 1.14 bits per heavy atom. The third kappa shape index (κ3) is 3.64. The number of benzene rings is 2. The highest BCUT2D eigenvalue weighted by Gasteiger charge is 2.49. The van der Waals surface area contributed by atoms with Gasteiger partial charge >= 0.3 is 0 Å². The highest BCUT2D eigenvalue weighted by atomic mass is 79.9. The van der Waals surface area contributed by atoms with E-state index >= 15 is 0 Å². The second-order valence-electron chi connectivity index (χ2n) is 7.37. The van der Waals surface area contributed by atoms with E-state index in [0.717, 1.165) is 44.7 Å². The average molecular weight is 477 g/mol. The summed E-state index contributed by atoms with van der Waals surface area (Å²) in [7, 11) is 0. The zero-order valence-corrected chi connectivity index (χ0v) is 19.2. The van der Waals surface area contributed by atoms with Crippen LogP contribution in [0.3, 0.4) is 0 Å². The molecule has 0 N–H and O–H groups in total. The largest absolute Gasteiger partial charge is 0.307 e. The molecule has 2 aromatic rings. The topological polar surface area (TPSA) is 28.0 Å². The van der Waals surface area contributed by atoms with E-state index in [0.29, 0.717) is 0 Å². The van der Waals surface area contributed by atoms with E-state index in [1.54, 1.807) is 11.8 Å². The lowest BCUT2D eigenvalue weighted by Gasteiger charge is -2.42. The summed E-state index contributed by atoms with van der Waals surface area (Å²) in [6, 6.07) is 14.3. The fourth-order valence-corrected chi connectivity index (χ4v) is 5.32. The van der Waals surface area contributed by atoms with Crippen molar-refractivity contribution >= 4 is 61.7 Å². The Kier molecular flexibility index (Phi) is 5.86. The van der Waals surface area contributed by atoms with E-state index in [2.05, 4.69) is 58.3 Å². The van der Waals surface area contributed by atoms with E-state index in [4.69, 9.17) is 21.6 Å². The highest BCUT2D eigenvalue weighted by molar-refractivity contribution is 9.10. The van der Waals surface area contributed by atoms with Gasteiger partial charge in [-0.15, -0.1) is 0 Å². The lowest BCUT2D eigenvalue weighted by molar-refractivity contribution is 0.385. The van der Waals surface area contributed by atoms with Crippen LogP contribution in [0.5, 0.6) is 0 Å². The first-order valence-electron chi connectivity index (χ1n) is 9.57. The van der Waals surface area contributed by atoms with Crippen molar-refractivity contribution in [2.45, 2.75) is 44.6 Å². The van der Waals surface area contributed by atoms with E-state index in [9.17, 15) is 0 Å². The van der Waals surface area contributed by atoms with Gasteiger partial charge in [0.2, 0.25) is 0 Å². The summed E-state index contributed by atoms with van der Waals surface area (Å²) in [5.74, 6) is 0.923. The summed E-state index contributed by atoms with van der Waals surface area (Å²) in [5.41, 5.74) is 3.04. The molecule has 146 valence electrons. The lowest BCUT2D eigenvalue weighted by Crippen LogP contribution is -2.52. The summed E-state index contributed by atoms with van der Waals surface area (Å²) in [6.07, 6.45) is 7.83. The fraction of sp³-hybridized carbons (Fsp3) is 0.364. The molecule has 0 atom stereocenters. The molecule has 1 saturated carbocycles. The monoisotopic (exact) mass is 475 g/mol. The van der Waals surface area contributed by atoms with Crippen molar-refractivity contribution in [3.8, 4) is 0 Å². The van der Waals surface area contributed by atoms with Crippen molar-refractivity contribution in [3.63, 3.8) is 0 Å². The van der Waals surface area contributed by atoms with Crippen molar-refractivity contribution in [1.82, 2.24) is 0 Å². The van der Waals surface area contributed by atoms with Crippen LogP contribution in [-0.2, 0) is 0 Å². The Hall–Kier alpha value is -1.30. The summed E-state index contributed by atoms with van der Waals surface area (Å²) in [5, 5.41) is 1.74. The Labute approximate surface area is 184 Å². The number of rotatable bonds is 2. The molecular weight excluding hydrogens is 454 g/mol. The molecule has 3 nitrogen and oxygen atoms in total. The first-order valence-corrected chi connectivity index (χ1v) is 12.0. The highest BCUT2D eigenvalue weighted by Crippen LogP contribution is 2.44. The van der Waals surface area contributed by atoms with Gasteiger partial charge in [-0.3, -0.25) is 0 Å². The van der Waals surface area contributed by atoms with Crippen LogP contribution in [0.25, 0.3) is 0 Å². The predicted molar refractivity (Wildman–Crippen MR) is 127 cm³/mol. The summed E-state index contributed by atoms with van der Waals surface area (Å²) in [4.78, 5) is 12.4. The molecular formula is C22H23BrClN3S. The third-order valence-corrected chi connectivity index (χ3v) is 7.29. The van der Waals surface area contributed by atoms with Crippen LogP contribution in [0.2, 0.25) is 5.02 Å². The third-order valence-electron chi connectivity index (χ3n) is 5.56. The molecule has 4 rings (SSSR count). The molecule has 0 amide bonds. The van der Waals surface area contributed by atoms with Crippen LogP contribution < -0.4 is 4.90 Å². The molecule has 0 unspecified atom stereocenters. The van der Waals surface area contributed by atoms with Gasteiger partial charge in [0, 0.05) is 15.2 Å². The maximum Gasteiger partial charge on any atom is 0.170 e. The van der Waals surface area contributed by atoms with E-state index in [-0.39, 0.29) is 5.54 Å². The molecule has 1 heterocycles. The predicted octanol–water partition coefficient (Wildman–Crippen LogP) is 7.38. The van der Waals surface area contributed by atoms with Gasteiger partial charge in [0.1, 0.15) is 5.54 Å². The summed E-state index contributed by atoms with van der Waals surface area (Å²) < 4.78 is 1.07. The van der Waals surface area contributed by atoms with Gasteiger partial charge in [-0.1, -0.05) is 70.7 Å². The maximum absolute atomic E-state index is 6.33. The van der Waals surface area contributed by atoms with Crippen LogP contribution in [0.4, 0.5) is 11.4 Å². The molecule has 0 aromatic heterocycles. The van der Waals surface area contributed by atoms with Crippen LogP contribution in [0.15, 0.2) is 56.9 Å². The van der Waals surface area contributed by atoms with Crippen molar-refractivity contribution in [3.05, 3.63) is 57.5 Å². The summed E-state index contributed by atoms with van der Waals surface area (Å²) >= 11 is 11.6. The lowest BCUT2D eigenvalue weighted by atomic mass is 9.79. The quantitative estimate of drug-likeness (QED) is 0.452. The zero-order valence-electron chi connectivity index (χ0n) is 16.1. The van der Waals surface area contributed by atoms with Gasteiger partial charge in [-0.05, 0) is 61.9 Å². The summed E-state index contributed by atoms with van der Waals surface area (Å²) in [6.45, 7) is 2.09. The minimum absolute atomic E-state index is 0.196. The van der Waals surface area contributed by atoms with Crippen LogP contribution in [-0.4, -0.2) is 22.8 Å². The number of nitrogens with zero attached hydrogens (tertiary/aromatic N) is 3. The van der Waals surface area contributed by atoms with Gasteiger partial charge in [0.15, 0.2) is 11.0 Å². The molecule has 0 saturated heterocycles. The van der Waals surface area contributed by atoms with Crippen molar-refractivity contribution in [2.75, 3.05) is 11.2 Å². The van der Waals surface area contributed by atoms with Crippen LogP contribution in [0.1, 0.15) is 37.7 Å². The normalized spacial score (nSPS) is 20.1. The van der Waals surface area contributed by atoms with Gasteiger partial charge in [0.25, 0.3) is 0 Å². The smallest absolute Gasteiger partial charge is 0.170 e. The second kappa shape index (κ2) is 8.21. The standard InChI is InChI=1S/C22H23BrClN3S/c1-15-9-10-17(14-19(15)23)25-20-22(11-4-3-5-12-22)27(21(26-20)28-2)18-8-6-7-16(24)13-18/h6-10,13-14H,3-5,11-12H2,1-2H3. The minimum Gasteiger partial charge on any atom is -0.307 e. The Morgan fingerprint density at radius 2 is 1.93 bits per heavy atom. The van der Waals surface area contributed by atoms with E-state index in [1.165, 1.54) is 24.8 Å². The number of aliphatic imine (C=N–C) groups is 2. The molecule has 2 aromatic carbocycles. The number of halogens is 2. The fourth-order valence-electron chi connectivity index (χ4n) is 4.12. The van der Waals surface area contributed by atoms with Gasteiger partial charge < -0.3 is 4.90 Å².